The quantitative estimate of drug-likeness (QED) is 0.655. The summed E-state index contributed by atoms with van der Waals surface area (Å²) in [5.41, 5.74) is 0.584. The predicted octanol–water partition coefficient (Wildman–Crippen LogP) is 4.32. The second kappa shape index (κ2) is 9.44. The third-order valence-corrected chi connectivity index (χ3v) is 6.25. The van der Waals surface area contributed by atoms with Crippen LogP contribution in [0.4, 0.5) is 9.18 Å². The number of rotatable bonds is 5. The molecule has 0 aliphatic carbocycles. The van der Waals surface area contributed by atoms with E-state index >= 15 is 0 Å². The first-order valence-electron chi connectivity index (χ1n) is 10.5. The monoisotopic (exact) mass is 464 g/mol. The van der Waals surface area contributed by atoms with Gasteiger partial charge in [-0.3, -0.25) is 0 Å². The number of amides is 1. The molecule has 1 saturated heterocycles. The number of likely N-dealkylation sites (tertiary alicyclic amines) is 1. The van der Waals surface area contributed by atoms with Crippen LogP contribution in [0.2, 0.25) is 0 Å². The topological polar surface area (TPSA) is 85.8 Å². The summed E-state index contributed by atoms with van der Waals surface area (Å²) in [6, 6.07) is 9.21. The molecule has 1 aromatic heterocycles. The third-order valence-electron chi connectivity index (χ3n) is 5.14. The van der Waals surface area contributed by atoms with Gasteiger partial charge in [0.25, 0.3) is 0 Å². The van der Waals surface area contributed by atoms with Crippen molar-refractivity contribution >= 4 is 15.9 Å². The van der Waals surface area contributed by atoms with Gasteiger partial charge in [0.1, 0.15) is 18.0 Å². The van der Waals surface area contributed by atoms with Gasteiger partial charge in [0.2, 0.25) is 5.88 Å². The second-order valence-electron chi connectivity index (χ2n) is 8.96. The van der Waals surface area contributed by atoms with Crippen LogP contribution in [0.5, 0.6) is 5.88 Å². The molecule has 32 heavy (non-hydrogen) atoms. The minimum absolute atomic E-state index is 0.0661. The number of hydrogen-bond donors (Lipinski definition) is 0. The lowest BCUT2D eigenvalue weighted by Gasteiger charge is -2.33. The summed E-state index contributed by atoms with van der Waals surface area (Å²) in [4.78, 5) is 18.4. The zero-order valence-corrected chi connectivity index (χ0v) is 19.6. The Morgan fingerprint density at radius 2 is 1.88 bits per heavy atom. The number of carbonyl (C=O) groups excluding carboxylic acids is 1. The number of aromatic nitrogens is 1. The number of hydrogen-bond acceptors (Lipinski definition) is 6. The van der Waals surface area contributed by atoms with Crippen molar-refractivity contribution in [2.45, 2.75) is 56.6 Å². The Kier molecular flexibility index (Phi) is 7.07. The van der Waals surface area contributed by atoms with E-state index in [9.17, 15) is 17.6 Å². The van der Waals surface area contributed by atoms with E-state index in [1.54, 1.807) is 11.0 Å². The first-order chi connectivity index (χ1) is 14.9. The Morgan fingerprint density at radius 3 is 2.47 bits per heavy atom. The number of carbonyl (C=O) groups is 1. The summed E-state index contributed by atoms with van der Waals surface area (Å²) in [7, 11) is -3.47. The molecule has 0 bridgehead atoms. The van der Waals surface area contributed by atoms with Crippen molar-refractivity contribution < 1.29 is 27.1 Å². The smallest absolute Gasteiger partial charge is 0.410 e. The van der Waals surface area contributed by atoms with Crippen molar-refractivity contribution in [3.8, 4) is 5.88 Å². The Balaban J connectivity index is 1.59. The zero-order valence-electron chi connectivity index (χ0n) is 18.8. The van der Waals surface area contributed by atoms with Crippen molar-refractivity contribution in [2.75, 3.05) is 19.3 Å². The third kappa shape index (κ3) is 6.41. The molecule has 2 aromatic rings. The average molecular weight is 465 g/mol. The van der Waals surface area contributed by atoms with Gasteiger partial charge < -0.3 is 14.4 Å². The van der Waals surface area contributed by atoms with E-state index in [0.717, 1.165) is 30.9 Å². The lowest BCUT2D eigenvalue weighted by Crippen LogP contribution is -2.41. The first-order valence-corrected chi connectivity index (χ1v) is 12.4. The molecule has 1 aromatic carbocycles. The van der Waals surface area contributed by atoms with Crippen molar-refractivity contribution in [3.63, 3.8) is 0 Å². The van der Waals surface area contributed by atoms with Crippen LogP contribution in [0, 0.1) is 5.82 Å². The van der Waals surface area contributed by atoms with Crippen molar-refractivity contribution in [1.29, 1.82) is 0 Å². The largest absolute Gasteiger partial charge is 0.473 e. The van der Waals surface area contributed by atoms with Crippen LogP contribution < -0.4 is 4.74 Å². The van der Waals surface area contributed by atoms with Crippen LogP contribution in [0.3, 0.4) is 0 Å². The van der Waals surface area contributed by atoms with Gasteiger partial charge in [0.05, 0.1) is 4.90 Å². The highest BCUT2D eigenvalue weighted by molar-refractivity contribution is 7.90. The van der Waals surface area contributed by atoms with E-state index in [0.29, 0.717) is 19.0 Å². The van der Waals surface area contributed by atoms with Crippen molar-refractivity contribution in [1.82, 2.24) is 9.88 Å². The predicted molar refractivity (Wildman–Crippen MR) is 118 cm³/mol. The minimum atomic E-state index is -3.47. The zero-order chi connectivity index (χ0) is 23.5. The molecule has 0 radical (unpaired) electrons. The lowest BCUT2D eigenvalue weighted by molar-refractivity contribution is 0.0204. The number of piperidine rings is 1. The highest BCUT2D eigenvalue weighted by atomic mass is 32.2. The molecule has 0 N–H and O–H groups in total. The Labute approximate surface area is 188 Å². The molecule has 7 nitrogen and oxygen atoms in total. The van der Waals surface area contributed by atoms with Gasteiger partial charge >= 0.3 is 6.09 Å². The molecule has 0 saturated carbocycles. The Bertz CT molecular complexity index is 1070. The average Bonchev–Trinajstić information content (AvgIpc) is 2.71. The molecule has 3 rings (SSSR count). The van der Waals surface area contributed by atoms with Crippen LogP contribution in [0.1, 0.15) is 50.8 Å². The molecular formula is C23H29FN2O5S. The minimum Gasteiger partial charge on any atom is -0.473 e. The van der Waals surface area contributed by atoms with E-state index in [4.69, 9.17) is 9.47 Å². The molecular weight excluding hydrogens is 435 g/mol. The summed E-state index contributed by atoms with van der Waals surface area (Å²) in [5.74, 6) is -0.0923. The maximum absolute atomic E-state index is 14.3. The molecule has 1 aliphatic rings. The second-order valence-corrected chi connectivity index (χ2v) is 11.0. The Hall–Kier alpha value is -2.68. The molecule has 1 amide bonds. The molecule has 1 fully saturated rings. The van der Waals surface area contributed by atoms with E-state index < -0.39 is 21.3 Å². The molecule has 2 heterocycles. The number of halogens is 1. The maximum atomic E-state index is 14.3. The molecule has 0 atom stereocenters. The Morgan fingerprint density at radius 1 is 1.19 bits per heavy atom. The standard InChI is InChI=1S/C23H29FN2O5S/c1-23(2,3)31-22(27)26-12-10-16(11-13-26)20-6-5-7-21(25-20)30-15-17-8-9-18(14-19(17)24)32(4,28)29/h5-9,14,16H,10-13,15H2,1-4H3. The summed E-state index contributed by atoms with van der Waals surface area (Å²) in [5, 5.41) is 0. The number of pyridine rings is 1. The van der Waals surface area contributed by atoms with E-state index in [1.165, 1.54) is 12.1 Å². The highest BCUT2D eigenvalue weighted by Crippen LogP contribution is 2.29. The maximum Gasteiger partial charge on any atom is 0.410 e. The lowest BCUT2D eigenvalue weighted by atomic mass is 9.93. The fourth-order valence-electron chi connectivity index (χ4n) is 3.45. The van der Waals surface area contributed by atoms with Crippen LogP contribution in [-0.4, -0.2) is 49.3 Å². The van der Waals surface area contributed by atoms with Crippen molar-refractivity contribution in [2.24, 2.45) is 0 Å². The summed E-state index contributed by atoms with van der Waals surface area (Å²) in [6.07, 6.45) is 2.25. The molecule has 0 spiro atoms. The van der Waals surface area contributed by atoms with Gasteiger partial charge in [-0.25, -0.2) is 22.6 Å². The van der Waals surface area contributed by atoms with Gasteiger partial charge in [-0.05, 0) is 51.8 Å². The van der Waals surface area contributed by atoms with Gasteiger partial charge in [-0.2, -0.15) is 0 Å². The fourth-order valence-corrected chi connectivity index (χ4v) is 4.08. The van der Waals surface area contributed by atoms with Crippen LogP contribution >= 0.6 is 0 Å². The number of benzene rings is 1. The van der Waals surface area contributed by atoms with E-state index in [-0.39, 0.29) is 29.1 Å². The molecule has 9 heteroatoms. The molecule has 1 aliphatic heterocycles. The summed E-state index contributed by atoms with van der Waals surface area (Å²) < 4.78 is 48.4. The van der Waals surface area contributed by atoms with E-state index in [1.807, 2.05) is 32.9 Å². The number of sulfone groups is 1. The summed E-state index contributed by atoms with van der Waals surface area (Å²) >= 11 is 0. The van der Waals surface area contributed by atoms with Gasteiger partial charge in [-0.15, -0.1) is 0 Å². The van der Waals surface area contributed by atoms with Crippen LogP contribution in [-0.2, 0) is 21.2 Å². The number of ether oxygens (including phenoxy) is 2. The SMILES string of the molecule is CC(C)(C)OC(=O)N1CCC(c2cccc(OCc3ccc(S(C)(=O)=O)cc3F)n2)CC1. The van der Waals surface area contributed by atoms with Crippen LogP contribution in [0.25, 0.3) is 0 Å². The number of nitrogens with zero attached hydrogens (tertiary/aromatic N) is 2. The van der Waals surface area contributed by atoms with E-state index in [2.05, 4.69) is 4.98 Å². The highest BCUT2D eigenvalue weighted by Gasteiger charge is 2.28. The summed E-state index contributed by atoms with van der Waals surface area (Å²) in [6.45, 7) is 6.65. The van der Waals surface area contributed by atoms with Gasteiger partial charge in [0, 0.05) is 42.6 Å². The van der Waals surface area contributed by atoms with Crippen LogP contribution in [0.15, 0.2) is 41.3 Å². The first kappa shape index (κ1) is 24.0. The fraction of sp³-hybridized carbons (Fsp3) is 0.478. The van der Waals surface area contributed by atoms with Gasteiger partial charge in [-0.1, -0.05) is 12.1 Å². The normalized spacial score (nSPS) is 15.5. The molecule has 174 valence electrons. The van der Waals surface area contributed by atoms with Crippen molar-refractivity contribution in [3.05, 3.63) is 53.5 Å². The van der Waals surface area contributed by atoms with Gasteiger partial charge in [0.15, 0.2) is 9.84 Å². The molecule has 0 unspecified atom stereocenters.